The Morgan fingerprint density at radius 3 is 2.73 bits per heavy atom. The first kappa shape index (κ1) is 13.8. The monoisotopic (exact) mass is 291 g/mol. The van der Waals surface area contributed by atoms with Crippen LogP contribution in [0.25, 0.3) is 22.9 Å². The number of fused-ring (bicyclic) bond motifs is 1. The van der Waals surface area contributed by atoms with Gasteiger partial charge in [-0.15, -0.1) is 0 Å². The van der Waals surface area contributed by atoms with Crippen molar-refractivity contribution in [2.75, 3.05) is 5.73 Å². The molecule has 3 N–H and O–H groups in total. The Balaban J connectivity index is 1.97. The van der Waals surface area contributed by atoms with Crippen molar-refractivity contribution in [3.63, 3.8) is 0 Å². The molecule has 22 heavy (non-hydrogen) atoms. The molecule has 0 fully saturated rings. The van der Waals surface area contributed by atoms with Gasteiger partial charge in [-0.05, 0) is 34.5 Å². The van der Waals surface area contributed by atoms with Gasteiger partial charge in [-0.25, -0.2) is 14.8 Å². The molecule has 0 aliphatic heterocycles. The van der Waals surface area contributed by atoms with Crippen LogP contribution in [-0.4, -0.2) is 21.0 Å². The summed E-state index contributed by atoms with van der Waals surface area (Å²) in [5, 5.41) is 10.8. The maximum Gasteiger partial charge on any atom is 0.336 e. The fraction of sp³-hybridized carbons (Fsp3) is 0. The Kier molecular flexibility index (Phi) is 3.53. The van der Waals surface area contributed by atoms with Gasteiger partial charge < -0.3 is 10.8 Å². The Morgan fingerprint density at radius 2 is 1.95 bits per heavy atom. The van der Waals surface area contributed by atoms with Crippen LogP contribution in [0.2, 0.25) is 0 Å². The molecule has 108 valence electrons. The van der Waals surface area contributed by atoms with Crippen molar-refractivity contribution in [1.82, 2.24) is 9.97 Å². The molecule has 5 nitrogen and oxygen atoms in total. The van der Waals surface area contributed by atoms with Crippen molar-refractivity contribution in [1.29, 1.82) is 0 Å². The molecule has 0 saturated carbocycles. The van der Waals surface area contributed by atoms with E-state index in [1.807, 2.05) is 36.4 Å². The van der Waals surface area contributed by atoms with Crippen molar-refractivity contribution in [2.45, 2.75) is 0 Å². The lowest BCUT2D eigenvalue weighted by Crippen LogP contribution is -1.96. The molecule has 1 heterocycles. The van der Waals surface area contributed by atoms with E-state index in [0.29, 0.717) is 17.1 Å². The lowest BCUT2D eigenvalue weighted by molar-refractivity contribution is 0.0699. The molecule has 0 spiro atoms. The molecule has 3 rings (SSSR count). The lowest BCUT2D eigenvalue weighted by Gasteiger charge is -2.03. The standard InChI is InChI=1S/C17H13N3O2/c18-16-9-13(19-10-20-16)6-4-11-5-7-14-12(8-11)2-1-3-15(14)17(21)22/h1-10H,(H,21,22)(H2,18,19,20). The predicted molar refractivity (Wildman–Crippen MR) is 86.3 cm³/mol. The summed E-state index contributed by atoms with van der Waals surface area (Å²) in [6, 6.07) is 12.5. The zero-order valence-electron chi connectivity index (χ0n) is 11.6. The molecule has 0 aliphatic rings. The Labute approximate surface area is 126 Å². The molecular formula is C17H13N3O2. The number of carboxylic acids is 1. The predicted octanol–water partition coefficient (Wildman–Crippen LogP) is 3.08. The highest BCUT2D eigenvalue weighted by Gasteiger charge is 2.07. The van der Waals surface area contributed by atoms with E-state index in [9.17, 15) is 9.90 Å². The van der Waals surface area contributed by atoms with Crippen molar-refractivity contribution in [3.05, 3.63) is 65.6 Å². The molecule has 0 unspecified atom stereocenters. The van der Waals surface area contributed by atoms with Crippen LogP contribution >= 0.6 is 0 Å². The fourth-order valence-electron chi connectivity index (χ4n) is 2.25. The molecule has 0 radical (unpaired) electrons. The van der Waals surface area contributed by atoms with E-state index in [2.05, 4.69) is 9.97 Å². The van der Waals surface area contributed by atoms with Gasteiger partial charge in [0.2, 0.25) is 0 Å². The van der Waals surface area contributed by atoms with Gasteiger partial charge in [0.15, 0.2) is 0 Å². The number of hydrogen-bond donors (Lipinski definition) is 2. The normalized spacial score (nSPS) is 11.1. The number of aromatic carboxylic acids is 1. The maximum absolute atomic E-state index is 11.2. The summed E-state index contributed by atoms with van der Waals surface area (Å²) in [6.45, 7) is 0. The summed E-state index contributed by atoms with van der Waals surface area (Å²) in [5.74, 6) is -0.510. The number of anilines is 1. The second kappa shape index (κ2) is 5.65. The minimum Gasteiger partial charge on any atom is -0.478 e. The van der Waals surface area contributed by atoms with Crippen LogP contribution in [0.4, 0.5) is 5.82 Å². The van der Waals surface area contributed by atoms with Crippen molar-refractivity contribution >= 4 is 34.7 Å². The highest BCUT2D eigenvalue weighted by molar-refractivity contribution is 6.04. The van der Waals surface area contributed by atoms with Crippen LogP contribution in [0.5, 0.6) is 0 Å². The second-order valence-corrected chi connectivity index (χ2v) is 4.79. The Morgan fingerprint density at radius 1 is 1.09 bits per heavy atom. The average molecular weight is 291 g/mol. The van der Waals surface area contributed by atoms with Gasteiger partial charge in [0.1, 0.15) is 12.1 Å². The molecule has 0 bridgehead atoms. The zero-order chi connectivity index (χ0) is 15.5. The van der Waals surface area contributed by atoms with Crippen molar-refractivity contribution in [3.8, 4) is 0 Å². The highest BCUT2D eigenvalue weighted by Crippen LogP contribution is 2.21. The first-order valence-corrected chi connectivity index (χ1v) is 6.65. The van der Waals surface area contributed by atoms with Gasteiger partial charge in [0, 0.05) is 6.07 Å². The molecule has 3 aromatic rings. The SMILES string of the molecule is Nc1cc(C=Cc2ccc3c(C(=O)O)cccc3c2)ncn1. The van der Waals surface area contributed by atoms with Crippen molar-refractivity contribution in [2.24, 2.45) is 0 Å². The highest BCUT2D eigenvalue weighted by atomic mass is 16.4. The molecular weight excluding hydrogens is 278 g/mol. The number of nitrogens with zero attached hydrogens (tertiary/aromatic N) is 2. The quantitative estimate of drug-likeness (QED) is 0.774. The molecule has 0 amide bonds. The van der Waals surface area contributed by atoms with Gasteiger partial charge >= 0.3 is 5.97 Å². The van der Waals surface area contributed by atoms with E-state index in [4.69, 9.17) is 5.73 Å². The number of hydrogen-bond acceptors (Lipinski definition) is 4. The molecule has 0 aliphatic carbocycles. The number of nitrogens with two attached hydrogens (primary N) is 1. The van der Waals surface area contributed by atoms with E-state index < -0.39 is 5.97 Å². The van der Waals surface area contributed by atoms with E-state index in [0.717, 1.165) is 16.3 Å². The number of rotatable bonds is 3. The summed E-state index contributed by atoms with van der Waals surface area (Å²) >= 11 is 0. The second-order valence-electron chi connectivity index (χ2n) is 4.79. The van der Waals surface area contributed by atoms with Crippen LogP contribution in [0, 0.1) is 0 Å². The molecule has 0 saturated heterocycles. The van der Waals surface area contributed by atoms with Crippen LogP contribution in [0.1, 0.15) is 21.6 Å². The van der Waals surface area contributed by atoms with Crippen LogP contribution in [0.3, 0.4) is 0 Å². The summed E-state index contributed by atoms with van der Waals surface area (Å²) < 4.78 is 0. The summed E-state index contributed by atoms with van der Waals surface area (Å²) in [7, 11) is 0. The van der Waals surface area contributed by atoms with Crippen molar-refractivity contribution < 1.29 is 9.90 Å². The topological polar surface area (TPSA) is 89.1 Å². The number of carbonyl (C=O) groups is 1. The Bertz CT molecular complexity index is 888. The molecule has 2 aromatic carbocycles. The van der Waals surface area contributed by atoms with Gasteiger partial charge in [0.25, 0.3) is 0 Å². The minimum absolute atomic E-state index is 0.302. The lowest BCUT2D eigenvalue weighted by atomic mass is 10.0. The van der Waals surface area contributed by atoms with Crippen LogP contribution < -0.4 is 5.73 Å². The van der Waals surface area contributed by atoms with Gasteiger partial charge in [-0.3, -0.25) is 0 Å². The largest absolute Gasteiger partial charge is 0.478 e. The molecule has 5 heteroatoms. The molecule has 1 aromatic heterocycles. The number of nitrogen functional groups attached to an aromatic ring is 1. The van der Waals surface area contributed by atoms with E-state index in [1.54, 1.807) is 18.2 Å². The van der Waals surface area contributed by atoms with E-state index >= 15 is 0 Å². The zero-order valence-corrected chi connectivity index (χ0v) is 11.6. The van der Waals surface area contributed by atoms with E-state index in [-0.39, 0.29) is 0 Å². The van der Waals surface area contributed by atoms with Gasteiger partial charge in [0.05, 0.1) is 11.3 Å². The number of benzene rings is 2. The van der Waals surface area contributed by atoms with Gasteiger partial charge in [-0.2, -0.15) is 0 Å². The first-order valence-electron chi connectivity index (χ1n) is 6.65. The smallest absolute Gasteiger partial charge is 0.336 e. The van der Waals surface area contributed by atoms with E-state index in [1.165, 1.54) is 6.33 Å². The van der Waals surface area contributed by atoms with Crippen LogP contribution in [-0.2, 0) is 0 Å². The summed E-state index contributed by atoms with van der Waals surface area (Å²) in [6.07, 6.45) is 5.14. The summed E-state index contributed by atoms with van der Waals surface area (Å²) in [4.78, 5) is 19.1. The summed E-state index contributed by atoms with van der Waals surface area (Å²) in [5.41, 5.74) is 7.57. The first-order chi connectivity index (χ1) is 10.6. The third kappa shape index (κ3) is 2.78. The Hall–Kier alpha value is -3.21. The van der Waals surface area contributed by atoms with Gasteiger partial charge in [-0.1, -0.05) is 30.3 Å². The maximum atomic E-state index is 11.2. The third-order valence-electron chi connectivity index (χ3n) is 3.29. The fourth-order valence-corrected chi connectivity index (χ4v) is 2.25. The van der Waals surface area contributed by atoms with Crippen LogP contribution in [0.15, 0.2) is 48.8 Å². The average Bonchev–Trinajstić information content (AvgIpc) is 2.52. The number of aromatic nitrogens is 2. The third-order valence-corrected chi connectivity index (χ3v) is 3.29. The number of carboxylic acid groups (broad SMARTS) is 1. The minimum atomic E-state index is -0.926. The molecule has 0 atom stereocenters.